The number of carbonyl (C=O) groups is 2. The lowest BCUT2D eigenvalue weighted by molar-refractivity contribution is -0.141. The topological polar surface area (TPSA) is 70.5 Å². The highest BCUT2D eigenvalue weighted by molar-refractivity contribution is 6.30. The van der Waals surface area contributed by atoms with E-state index in [9.17, 15) is 9.59 Å². The fourth-order valence-electron chi connectivity index (χ4n) is 1.94. The summed E-state index contributed by atoms with van der Waals surface area (Å²) in [5, 5.41) is 9.41. The number of pyridine rings is 1. The van der Waals surface area contributed by atoms with Crippen molar-refractivity contribution in [3.8, 4) is 0 Å². The Labute approximate surface area is 103 Å². The molecule has 1 amide bonds. The largest absolute Gasteiger partial charge is 0.480 e. The number of carbonyl (C=O) groups excluding carboxylic acids is 1. The molecule has 0 aromatic carbocycles. The van der Waals surface area contributed by atoms with Crippen LogP contribution >= 0.6 is 11.6 Å². The maximum absolute atomic E-state index is 12.1. The Balaban J connectivity index is 2.23. The molecule has 1 aliphatic heterocycles. The Morgan fingerprint density at radius 1 is 1.53 bits per heavy atom. The zero-order valence-corrected chi connectivity index (χ0v) is 9.72. The first-order valence-electron chi connectivity index (χ1n) is 5.25. The van der Waals surface area contributed by atoms with E-state index in [1.165, 1.54) is 17.2 Å². The van der Waals surface area contributed by atoms with Crippen molar-refractivity contribution in [3.05, 3.63) is 29.0 Å². The van der Waals surface area contributed by atoms with Gasteiger partial charge in [0.15, 0.2) is 0 Å². The number of halogens is 1. The highest BCUT2D eigenvalue weighted by Crippen LogP contribution is 2.20. The fraction of sp³-hybridized carbons (Fsp3) is 0.364. The molecule has 2 heterocycles. The van der Waals surface area contributed by atoms with E-state index >= 15 is 0 Å². The Kier molecular flexibility index (Phi) is 3.28. The molecule has 90 valence electrons. The van der Waals surface area contributed by atoms with Gasteiger partial charge in [0.05, 0.1) is 0 Å². The monoisotopic (exact) mass is 254 g/mol. The normalized spacial score (nSPS) is 19.4. The summed E-state index contributed by atoms with van der Waals surface area (Å²) >= 11 is 5.77. The molecule has 0 radical (unpaired) electrons. The SMILES string of the molecule is O=C(O)[C@H]1CCCN1C(=O)c1cc(Cl)ccn1. The molecule has 6 heteroatoms. The van der Waals surface area contributed by atoms with Crippen LogP contribution in [0.2, 0.25) is 5.02 Å². The molecular formula is C11H11ClN2O3. The molecule has 2 rings (SSSR count). The zero-order chi connectivity index (χ0) is 12.4. The van der Waals surface area contributed by atoms with Gasteiger partial charge >= 0.3 is 5.97 Å². The van der Waals surface area contributed by atoms with E-state index in [0.717, 1.165) is 0 Å². The predicted octanol–water partition coefficient (Wildman–Crippen LogP) is 1.42. The first kappa shape index (κ1) is 11.9. The van der Waals surface area contributed by atoms with Crippen LogP contribution in [-0.4, -0.2) is 39.5 Å². The van der Waals surface area contributed by atoms with Crippen molar-refractivity contribution in [2.24, 2.45) is 0 Å². The van der Waals surface area contributed by atoms with Crippen molar-refractivity contribution in [1.82, 2.24) is 9.88 Å². The van der Waals surface area contributed by atoms with Gasteiger partial charge in [-0.2, -0.15) is 0 Å². The number of aromatic nitrogens is 1. The van der Waals surface area contributed by atoms with Crippen molar-refractivity contribution in [2.75, 3.05) is 6.54 Å². The van der Waals surface area contributed by atoms with Crippen LogP contribution in [0.25, 0.3) is 0 Å². The van der Waals surface area contributed by atoms with Crippen LogP contribution in [0.3, 0.4) is 0 Å². The number of nitrogens with zero attached hydrogens (tertiary/aromatic N) is 2. The first-order valence-corrected chi connectivity index (χ1v) is 5.62. The average molecular weight is 255 g/mol. The lowest BCUT2D eigenvalue weighted by atomic mass is 10.2. The first-order chi connectivity index (χ1) is 8.09. The molecule has 17 heavy (non-hydrogen) atoms. The van der Waals surface area contributed by atoms with Crippen LogP contribution in [0.15, 0.2) is 18.3 Å². The van der Waals surface area contributed by atoms with Gasteiger partial charge in [-0.25, -0.2) is 4.79 Å². The molecule has 5 nitrogen and oxygen atoms in total. The fourth-order valence-corrected chi connectivity index (χ4v) is 2.10. The Bertz CT molecular complexity index is 464. The average Bonchev–Trinajstić information content (AvgIpc) is 2.77. The van der Waals surface area contributed by atoms with Gasteiger partial charge in [-0.1, -0.05) is 11.6 Å². The molecule has 1 fully saturated rings. The molecule has 0 aliphatic carbocycles. The minimum atomic E-state index is -0.974. The lowest BCUT2D eigenvalue weighted by Gasteiger charge is -2.20. The molecule has 1 aromatic heterocycles. The number of carboxylic acid groups (broad SMARTS) is 1. The summed E-state index contributed by atoms with van der Waals surface area (Å²) in [5.74, 6) is -1.35. The smallest absolute Gasteiger partial charge is 0.326 e. The quantitative estimate of drug-likeness (QED) is 0.867. The number of likely N-dealkylation sites (tertiary alicyclic amines) is 1. The van der Waals surface area contributed by atoms with Crippen molar-refractivity contribution in [1.29, 1.82) is 0 Å². The van der Waals surface area contributed by atoms with E-state index in [-0.39, 0.29) is 11.6 Å². The van der Waals surface area contributed by atoms with Crippen molar-refractivity contribution >= 4 is 23.5 Å². The van der Waals surface area contributed by atoms with Crippen molar-refractivity contribution < 1.29 is 14.7 Å². The predicted molar refractivity (Wildman–Crippen MR) is 60.9 cm³/mol. The highest BCUT2D eigenvalue weighted by Gasteiger charge is 2.34. The maximum Gasteiger partial charge on any atom is 0.326 e. The summed E-state index contributed by atoms with van der Waals surface area (Å²) < 4.78 is 0. The van der Waals surface area contributed by atoms with Gasteiger partial charge in [-0.15, -0.1) is 0 Å². The summed E-state index contributed by atoms with van der Waals surface area (Å²) in [7, 11) is 0. The summed E-state index contributed by atoms with van der Waals surface area (Å²) in [6.45, 7) is 0.448. The third kappa shape index (κ3) is 2.39. The molecule has 0 saturated carbocycles. The van der Waals surface area contributed by atoms with Crippen LogP contribution in [0, 0.1) is 0 Å². The summed E-state index contributed by atoms with van der Waals surface area (Å²) in [5.41, 5.74) is 0.186. The number of amides is 1. The number of hydrogen-bond acceptors (Lipinski definition) is 3. The number of carboxylic acids is 1. The lowest BCUT2D eigenvalue weighted by Crippen LogP contribution is -2.40. The van der Waals surface area contributed by atoms with Crippen LogP contribution in [0.4, 0.5) is 0 Å². The number of hydrogen-bond donors (Lipinski definition) is 1. The molecule has 0 spiro atoms. The summed E-state index contributed by atoms with van der Waals surface area (Å²) in [4.78, 5) is 28.3. The summed E-state index contributed by atoms with van der Waals surface area (Å²) in [6, 6.07) is 2.27. The minimum absolute atomic E-state index is 0.186. The van der Waals surface area contributed by atoms with Gasteiger partial charge in [0.2, 0.25) is 0 Å². The van der Waals surface area contributed by atoms with E-state index in [4.69, 9.17) is 16.7 Å². The molecule has 1 N–H and O–H groups in total. The molecule has 0 unspecified atom stereocenters. The Morgan fingerprint density at radius 2 is 2.29 bits per heavy atom. The van der Waals surface area contributed by atoms with Crippen molar-refractivity contribution in [3.63, 3.8) is 0 Å². The number of aliphatic carboxylic acids is 1. The molecule has 1 aromatic rings. The molecule has 1 atom stereocenters. The van der Waals surface area contributed by atoms with Gasteiger partial charge in [0.25, 0.3) is 5.91 Å². The van der Waals surface area contributed by atoms with E-state index in [0.29, 0.717) is 24.4 Å². The van der Waals surface area contributed by atoms with Crippen molar-refractivity contribution in [2.45, 2.75) is 18.9 Å². The number of rotatable bonds is 2. The summed E-state index contributed by atoms with van der Waals surface area (Å²) in [6.07, 6.45) is 2.62. The van der Waals surface area contributed by atoms with E-state index in [2.05, 4.69) is 4.98 Å². The zero-order valence-electron chi connectivity index (χ0n) is 8.97. The maximum atomic E-state index is 12.1. The Morgan fingerprint density at radius 3 is 2.94 bits per heavy atom. The van der Waals surface area contributed by atoms with Crippen LogP contribution < -0.4 is 0 Å². The third-order valence-corrected chi connectivity index (χ3v) is 2.97. The van der Waals surface area contributed by atoms with E-state index in [1.807, 2.05) is 0 Å². The Hall–Kier alpha value is -1.62. The molecule has 1 aliphatic rings. The second-order valence-corrected chi connectivity index (χ2v) is 4.29. The van der Waals surface area contributed by atoms with Gasteiger partial charge in [0.1, 0.15) is 11.7 Å². The van der Waals surface area contributed by atoms with Gasteiger partial charge < -0.3 is 10.0 Å². The second-order valence-electron chi connectivity index (χ2n) is 3.85. The molecular weight excluding hydrogens is 244 g/mol. The highest BCUT2D eigenvalue weighted by atomic mass is 35.5. The minimum Gasteiger partial charge on any atom is -0.480 e. The van der Waals surface area contributed by atoms with E-state index in [1.54, 1.807) is 6.07 Å². The van der Waals surface area contributed by atoms with Crippen LogP contribution in [0.1, 0.15) is 23.3 Å². The molecule has 0 bridgehead atoms. The second kappa shape index (κ2) is 4.71. The van der Waals surface area contributed by atoms with Gasteiger partial charge in [-0.3, -0.25) is 9.78 Å². The van der Waals surface area contributed by atoms with Crippen LogP contribution in [-0.2, 0) is 4.79 Å². The van der Waals surface area contributed by atoms with Gasteiger partial charge in [-0.05, 0) is 25.0 Å². The molecule has 1 saturated heterocycles. The van der Waals surface area contributed by atoms with E-state index < -0.39 is 12.0 Å². The van der Waals surface area contributed by atoms with Gasteiger partial charge in [0, 0.05) is 17.8 Å². The van der Waals surface area contributed by atoms with Crippen LogP contribution in [0.5, 0.6) is 0 Å². The third-order valence-electron chi connectivity index (χ3n) is 2.74. The standard InChI is InChI=1S/C11H11ClN2O3/c12-7-3-4-13-8(6-7)10(15)14-5-1-2-9(14)11(16)17/h3-4,6,9H,1-2,5H2,(H,16,17)/t9-/m1/s1.